The first-order valence-corrected chi connectivity index (χ1v) is 11.9. The Morgan fingerprint density at radius 1 is 1.06 bits per heavy atom. The summed E-state index contributed by atoms with van der Waals surface area (Å²) >= 11 is 6.34. The predicted octanol–water partition coefficient (Wildman–Crippen LogP) is 5.92. The minimum Gasteiger partial charge on any atom is -0.495 e. The summed E-state index contributed by atoms with van der Waals surface area (Å²) in [5.74, 6) is 0.440. The van der Waals surface area contributed by atoms with Crippen molar-refractivity contribution in [3.05, 3.63) is 93.4 Å². The zero-order valence-electron chi connectivity index (χ0n) is 20.4. The SMILES string of the molecule is COc1ccc(-n2nc(C(=O)Nc3ccc(C(C)C)cc3)c3c4ccccc4n(C)c3c2=O)cc1Cl. The van der Waals surface area contributed by atoms with Crippen molar-refractivity contribution in [3.63, 3.8) is 0 Å². The van der Waals surface area contributed by atoms with E-state index in [9.17, 15) is 9.59 Å². The standard InChI is InChI=1S/C28H25ClN4O3/c1-16(2)17-9-11-18(12-10-17)30-27(34)25-24-20-7-5-6-8-22(20)32(3)26(24)28(35)33(31-25)19-13-14-23(36-4)21(29)15-19/h5-16H,1-4H3,(H,30,34). The maximum absolute atomic E-state index is 13.7. The quantitative estimate of drug-likeness (QED) is 0.325. The minimum atomic E-state index is -0.415. The molecule has 7 nitrogen and oxygen atoms in total. The molecule has 2 aromatic heterocycles. The Hall–Kier alpha value is -4.10. The molecule has 0 aliphatic rings. The molecule has 1 amide bonds. The van der Waals surface area contributed by atoms with Crippen LogP contribution >= 0.6 is 11.6 Å². The van der Waals surface area contributed by atoms with Crippen LogP contribution in [0.15, 0.2) is 71.5 Å². The molecule has 0 saturated carbocycles. The van der Waals surface area contributed by atoms with E-state index in [0.29, 0.717) is 39.0 Å². The summed E-state index contributed by atoms with van der Waals surface area (Å²) in [7, 11) is 3.33. The molecule has 5 aromatic rings. The Morgan fingerprint density at radius 3 is 2.44 bits per heavy atom. The van der Waals surface area contributed by atoms with Crippen LogP contribution in [0.5, 0.6) is 5.75 Å². The topological polar surface area (TPSA) is 78.2 Å². The molecule has 36 heavy (non-hydrogen) atoms. The molecule has 0 aliphatic heterocycles. The molecular weight excluding hydrogens is 476 g/mol. The molecule has 0 atom stereocenters. The van der Waals surface area contributed by atoms with Gasteiger partial charge in [-0.15, -0.1) is 0 Å². The molecule has 0 saturated heterocycles. The average molecular weight is 501 g/mol. The van der Waals surface area contributed by atoms with Crippen LogP contribution in [-0.2, 0) is 7.05 Å². The number of rotatable bonds is 5. The summed E-state index contributed by atoms with van der Waals surface area (Å²) in [6.07, 6.45) is 0. The van der Waals surface area contributed by atoms with Crippen molar-refractivity contribution < 1.29 is 9.53 Å². The zero-order valence-corrected chi connectivity index (χ0v) is 21.1. The van der Waals surface area contributed by atoms with Gasteiger partial charge in [-0.3, -0.25) is 9.59 Å². The molecule has 8 heteroatoms. The number of carbonyl (C=O) groups excluding carboxylic acids is 1. The highest BCUT2D eigenvalue weighted by Gasteiger charge is 2.24. The van der Waals surface area contributed by atoms with Crippen LogP contribution < -0.4 is 15.6 Å². The molecule has 0 aliphatic carbocycles. The summed E-state index contributed by atoms with van der Waals surface area (Å²) in [5.41, 5.74) is 3.22. The van der Waals surface area contributed by atoms with Crippen LogP contribution in [0.25, 0.3) is 27.5 Å². The highest BCUT2D eigenvalue weighted by atomic mass is 35.5. The van der Waals surface area contributed by atoms with Crippen molar-refractivity contribution in [3.8, 4) is 11.4 Å². The molecule has 0 fully saturated rings. The second kappa shape index (κ2) is 9.17. The van der Waals surface area contributed by atoms with Gasteiger partial charge in [0.15, 0.2) is 5.69 Å². The zero-order chi connectivity index (χ0) is 25.6. The number of amides is 1. The number of ether oxygens (including phenoxy) is 1. The number of aromatic nitrogens is 3. The smallest absolute Gasteiger partial charge is 0.296 e. The third-order valence-corrected chi connectivity index (χ3v) is 6.66. The largest absolute Gasteiger partial charge is 0.495 e. The Kier molecular flexibility index (Phi) is 6.02. The van der Waals surface area contributed by atoms with E-state index in [1.54, 1.807) is 22.8 Å². The van der Waals surface area contributed by atoms with Gasteiger partial charge in [0.2, 0.25) is 0 Å². The number of halogens is 1. The van der Waals surface area contributed by atoms with Crippen LogP contribution in [0.2, 0.25) is 5.02 Å². The number of carbonyl (C=O) groups is 1. The molecule has 182 valence electrons. The average Bonchev–Trinajstić information content (AvgIpc) is 3.17. The van der Waals surface area contributed by atoms with E-state index in [0.717, 1.165) is 10.9 Å². The van der Waals surface area contributed by atoms with Crippen LogP contribution in [0.1, 0.15) is 35.8 Å². The summed E-state index contributed by atoms with van der Waals surface area (Å²) < 4.78 is 8.25. The molecule has 5 rings (SSSR count). The Labute approximate surface area is 212 Å². The number of anilines is 1. The predicted molar refractivity (Wildman–Crippen MR) is 144 cm³/mol. The monoisotopic (exact) mass is 500 g/mol. The Bertz CT molecular complexity index is 1680. The van der Waals surface area contributed by atoms with E-state index in [1.807, 2.05) is 55.6 Å². The second-order valence-corrected chi connectivity index (χ2v) is 9.32. The van der Waals surface area contributed by atoms with Gasteiger partial charge in [0, 0.05) is 29.0 Å². The lowest BCUT2D eigenvalue weighted by atomic mass is 10.0. The Morgan fingerprint density at radius 2 is 1.78 bits per heavy atom. The van der Waals surface area contributed by atoms with Crippen LogP contribution in [0, 0.1) is 0 Å². The van der Waals surface area contributed by atoms with E-state index in [1.165, 1.54) is 17.4 Å². The molecule has 2 heterocycles. The third-order valence-electron chi connectivity index (χ3n) is 6.37. The summed E-state index contributed by atoms with van der Waals surface area (Å²) in [4.78, 5) is 27.3. The highest BCUT2D eigenvalue weighted by Crippen LogP contribution is 2.30. The van der Waals surface area contributed by atoms with Gasteiger partial charge in [0.05, 0.1) is 17.8 Å². The fraction of sp³-hybridized carbons (Fsp3) is 0.179. The van der Waals surface area contributed by atoms with E-state index in [-0.39, 0.29) is 11.3 Å². The second-order valence-electron chi connectivity index (χ2n) is 8.92. The molecule has 0 unspecified atom stereocenters. The van der Waals surface area contributed by atoms with Crippen molar-refractivity contribution in [2.45, 2.75) is 19.8 Å². The first kappa shape index (κ1) is 23.6. The van der Waals surface area contributed by atoms with Crippen molar-refractivity contribution in [2.75, 3.05) is 12.4 Å². The highest BCUT2D eigenvalue weighted by molar-refractivity contribution is 6.32. The molecular formula is C28H25ClN4O3. The molecule has 1 N–H and O–H groups in total. The number of methoxy groups -OCH3 is 1. The normalized spacial score (nSPS) is 11.4. The minimum absolute atomic E-state index is 0.140. The van der Waals surface area contributed by atoms with Gasteiger partial charge in [0.1, 0.15) is 11.3 Å². The number of hydrogen-bond acceptors (Lipinski definition) is 4. The number of benzene rings is 3. The number of nitrogens with one attached hydrogen (secondary N) is 1. The lowest BCUT2D eigenvalue weighted by molar-refractivity contribution is 0.102. The van der Waals surface area contributed by atoms with Crippen LogP contribution in [-0.4, -0.2) is 27.4 Å². The third kappa shape index (κ3) is 3.91. The fourth-order valence-corrected chi connectivity index (χ4v) is 4.69. The Balaban J connectivity index is 1.73. The van der Waals surface area contributed by atoms with E-state index in [2.05, 4.69) is 24.3 Å². The van der Waals surface area contributed by atoms with E-state index >= 15 is 0 Å². The van der Waals surface area contributed by atoms with Gasteiger partial charge in [-0.25, -0.2) is 0 Å². The number of fused-ring (bicyclic) bond motifs is 3. The van der Waals surface area contributed by atoms with Gasteiger partial charge >= 0.3 is 0 Å². The van der Waals surface area contributed by atoms with Crippen molar-refractivity contribution >= 4 is 45.0 Å². The molecule has 0 spiro atoms. The van der Waals surface area contributed by atoms with Gasteiger partial charge < -0.3 is 14.6 Å². The van der Waals surface area contributed by atoms with Crippen LogP contribution in [0.4, 0.5) is 5.69 Å². The first-order valence-electron chi connectivity index (χ1n) is 11.6. The van der Waals surface area contributed by atoms with Crippen molar-refractivity contribution in [1.82, 2.24) is 14.3 Å². The molecule has 3 aromatic carbocycles. The molecule has 0 radical (unpaired) electrons. The van der Waals surface area contributed by atoms with Gasteiger partial charge in [0.25, 0.3) is 11.5 Å². The van der Waals surface area contributed by atoms with Crippen molar-refractivity contribution in [2.24, 2.45) is 7.05 Å². The lowest BCUT2D eigenvalue weighted by Crippen LogP contribution is -2.27. The van der Waals surface area contributed by atoms with Gasteiger partial charge in [-0.1, -0.05) is 55.8 Å². The van der Waals surface area contributed by atoms with Crippen LogP contribution in [0.3, 0.4) is 0 Å². The summed E-state index contributed by atoms with van der Waals surface area (Å²) in [5, 5.41) is 9.11. The number of para-hydroxylation sites is 1. The maximum atomic E-state index is 13.7. The maximum Gasteiger partial charge on any atom is 0.296 e. The molecule has 0 bridgehead atoms. The van der Waals surface area contributed by atoms with Crippen molar-refractivity contribution in [1.29, 1.82) is 0 Å². The fourth-order valence-electron chi connectivity index (χ4n) is 4.44. The number of hydrogen-bond donors (Lipinski definition) is 1. The first-order chi connectivity index (χ1) is 17.3. The lowest BCUT2D eigenvalue weighted by Gasteiger charge is -2.12. The van der Waals surface area contributed by atoms with E-state index in [4.69, 9.17) is 16.3 Å². The number of nitrogens with zero attached hydrogens (tertiary/aromatic N) is 3. The van der Waals surface area contributed by atoms with Gasteiger partial charge in [-0.05, 0) is 47.9 Å². The van der Waals surface area contributed by atoms with Gasteiger partial charge in [-0.2, -0.15) is 9.78 Å². The number of aryl methyl sites for hydroxylation is 1. The van der Waals surface area contributed by atoms with E-state index < -0.39 is 5.91 Å². The summed E-state index contributed by atoms with van der Waals surface area (Å²) in [6, 6.07) is 20.2. The summed E-state index contributed by atoms with van der Waals surface area (Å²) in [6.45, 7) is 4.23.